The molecular formula is C14H22N4O3S. The number of sulfonamides is 1. The molecule has 8 heteroatoms. The Kier molecular flexibility index (Phi) is 5.87. The number of pyridine rings is 1. The first kappa shape index (κ1) is 16.9. The highest BCUT2D eigenvalue weighted by Gasteiger charge is 2.33. The predicted octanol–water partition coefficient (Wildman–Crippen LogP) is 0.0898. The molecule has 0 radical (unpaired) electrons. The summed E-state index contributed by atoms with van der Waals surface area (Å²) >= 11 is 0. The minimum Gasteiger partial charge on any atom is -0.354 e. The molecule has 0 saturated carbocycles. The number of carbonyl (C=O) groups excluding carboxylic acids is 1. The molecule has 0 bridgehead atoms. The van der Waals surface area contributed by atoms with Gasteiger partial charge in [-0.1, -0.05) is 6.42 Å². The number of aromatic nitrogens is 1. The van der Waals surface area contributed by atoms with Crippen molar-refractivity contribution < 1.29 is 13.2 Å². The molecule has 0 aromatic carbocycles. The number of carbonyl (C=O) groups is 1. The number of nitrogens with one attached hydrogen (secondary N) is 1. The molecule has 22 heavy (non-hydrogen) atoms. The summed E-state index contributed by atoms with van der Waals surface area (Å²) in [5.41, 5.74) is 5.34. The Labute approximate surface area is 131 Å². The van der Waals surface area contributed by atoms with Gasteiger partial charge < -0.3 is 11.1 Å². The normalized spacial score (nSPS) is 19.8. The van der Waals surface area contributed by atoms with Gasteiger partial charge in [-0.2, -0.15) is 4.31 Å². The fourth-order valence-electron chi connectivity index (χ4n) is 2.58. The zero-order chi connectivity index (χ0) is 16.0. The van der Waals surface area contributed by atoms with Crippen LogP contribution in [0.5, 0.6) is 0 Å². The van der Waals surface area contributed by atoms with Gasteiger partial charge in [0.15, 0.2) is 0 Å². The van der Waals surface area contributed by atoms with Gasteiger partial charge in [-0.05, 0) is 25.0 Å². The summed E-state index contributed by atoms with van der Waals surface area (Å²) in [7, 11) is -3.58. The third kappa shape index (κ3) is 4.02. The monoisotopic (exact) mass is 326 g/mol. The van der Waals surface area contributed by atoms with Crippen LogP contribution in [0.4, 0.5) is 0 Å². The van der Waals surface area contributed by atoms with Crippen molar-refractivity contribution in [2.75, 3.05) is 19.6 Å². The van der Waals surface area contributed by atoms with Crippen LogP contribution in [0.2, 0.25) is 0 Å². The Hall–Kier alpha value is -1.51. The molecule has 0 spiro atoms. The third-order valence-electron chi connectivity index (χ3n) is 3.72. The van der Waals surface area contributed by atoms with E-state index in [1.807, 2.05) is 0 Å². The van der Waals surface area contributed by atoms with Gasteiger partial charge in [0.05, 0.1) is 0 Å². The van der Waals surface area contributed by atoms with Crippen LogP contribution < -0.4 is 11.1 Å². The molecule has 1 aromatic rings. The van der Waals surface area contributed by atoms with E-state index in [9.17, 15) is 13.2 Å². The average molecular weight is 326 g/mol. The van der Waals surface area contributed by atoms with Gasteiger partial charge >= 0.3 is 0 Å². The van der Waals surface area contributed by atoms with Crippen molar-refractivity contribution in [2.45, 2.75) is 36.6 Å². The first-order valence-electron chi connectivity index (χ1n) is 7.44. The lowest BCUT2D eigenvalue weighted by Crippen LogP contribution is -2.49. The number of piperidine rings is 1. The molecule has 7 nitrogen and oxygen atoms in total. The highest BCUT2D eigenvalue weighted by molar-refractivity contribution is 7.89. The van der Waals surface area contributed by atoms with Gasteiger partial charge in [0.2, 0.25) is 15.9 Å². The van der Waals surface area contributed by atoms with E-state index in [-0.39, 0.29) is 29.8 Å². The molecule has 2 rings (SSSR count). The lowest BCUT2D eigenvalue weighted by atomic mass is 10.1. The van der Waals surface area contributed by atoms with Gasteiger partial charge in [-0.3, -0.25) is 9.78 Å². The molecule has 3 N–H and O–H groups in total. The summed E-state index contributed by atoms with van der Waals surface area (Å²) in [5.74, 6) is -0.146. The predicted molar refractivity (Wildman–Crippen MR) is 82.4 cm³/mol. The van der Waals surface area contributed by atoms with Crippen molar-refractivity contribution in [1.82, 2.24) is 14.6 Å². The molecule has 1 aliphatic heterocycles. The van der Waals surface area contributed by atoms with Crippen molar-refractivity contribution in [3.63, 3.8) is 0 Å². The highest BCUT2D eigenvalue weighted by atomic mass is 32.2. The molecule has 1 saturated heterocycles. The molecule has 1 fully saturated rings. The molecular weight excluding hydrogens is 304 g/mol. The second kappa shape index (κ2) is 7.66. The lowest BCUT2D eigenvalue weighted by Gasteiger charge is -2.34. The number of nitrogens with zero attached hydrogens (tertiary/aromatic N) is 2. The Bertz CT molecular complexity index is 591. The minimum atomic E-state index is -3.58. The van der Waals surface area contributed by atoms with Gasteiger partial charge in [0.1, 0.15) is 4.90 Å². The van der Waals surface area contributed by atoms with Gasteiger partial charge in [-0.25, -0.2) is 8.42 Å². The van der Waals surface area contributed by atoms with Crippen LogP contribution in [0.15, 0.2) is 29.4 Å². The van der Waals surface area contributed by atoms with E-state index in [1.54, 1.807) is 18.3 Å². The van der Waals surface area contributed by atoms with Crippen LogP contribution in [-0.2, 0) is 14.8 Å². The van der Waals surface area contributed by atoms with E-state index in [2.05, 4.69) is 10.3 Å². The summed E-state index contributed by atoms with van der Waals surface area (Å²) in [5, 5.41) is 2.77. The van der Waals surface area contributed by atoms with Gasteiger partial charge in [-0.15, -0.1) is 0 Å². The maximum atomic E-state index is 12.7. The summed E-state index contributed by atoms with van der Waals surface area (Å²) in [6, 6.07) is 2.93. The second-order valence-electron chi connectivity index (χ2n) is 5.30. The van der Waals surface area contributed by atoms with Crippen LogP contribution in [0.3, 0.4) is 0 Å². The second-order valence-corrected chi connectivity index (χ2v) is 7.19. The van der Waals surface area contributed by atoms with Crippen molar-refractivity contribution in [3.8, 4) is 0 Å². The van der Waals surface area contributed by atoms with E-state index < -0.39 is 10.0 Å². The Morgan fingerprint density at radius 2 is 2.27 bits per heavy atom. The Morgan fingerprint density at radius 3 is 2.95 bits per heavy atom. The molecule has 2 heterocycles. The maximum Gasteiger partial charge on any atom is 0.244 e. The third-order valence-corrected chi connectivity index (χ3v) is 5.66. The van der Waals surface area contributed by atoms with Crippen LogP contribution in [0.1, 0.15) is 25.7 Å². The number of rotatable bonds is 6. The minimum absolute atomic E-state index is 0.146. The number of nitrogens with two attached hydrogens (primary N) is 1. The number of amides is 1. The number of hydrogen-bond donors (Lipinski definition) is 2. The quantitative estimate of drug-likeness (QED) is 0.771. The molecule has 1 unspecified atom stereocenters. The van der Waals surface area contributed by atoms with E-state index in [0.29, 0.717) is 13.1 Å². The van der Waals surface area contributed by atoms with Gasteiger partial charge in [0, 0.05) is 44.5 Å². The first-order chi connectivity index (χ1) is 10.6. The summed E-state index contributed by atoms with van der Waals surface area (Å²) < 4.78 is 26.9. The lowest BCUT2D eigenvalue weighted by molar-refractivity contribution is -0.121. The largest absolute Gasteiger partial charge is 0.354 e. The van der Waals surface area contributed by atoms with E-state index >= 15 is 0 Å². The van der Waals surface area contributed by atoms with Crippen LogP contribution in [0, 0.1) is 0 Å². The topological polar surface area (TPSA) is 105 Å². The zero-order valence-corrected chi connectivity index (χ0v) is 13.3. The van der Waals surface area contributed by atoms with E-state index in [4.69, 9.17) is 5.73 Å². The molecule has 122 valence electrons. The number of hydrogen-bond acceptors (Lipinski definition) is 5. The Morgan fingerprint density at radius 1 is 1.45 bits per heavy atom. The van der Waals surface area contributed by atoms with E-state index in [1.165, 1.54) is 10.5 Å². The molecule has 1 aliphatic rings. The SMILES string of the molecule is NCCC(=O)NCC1CCCCN1S(=O)(=O)c1cccnc1. The first-order valence-corrected chi connectivity index (χ1v) is 8.88. The molecule has 1 aromatic heterocycles. The highest BCUT2D eigenvalue weighted by Crippen LogP contribution is 2.24. The molecule has 1 atom stereocenters. The zero-order valence-electron chi connectivity index (χ0n) is 12.4. The Balaban J connectivity index is 2.11. The van der Waals surface area contributed by atoms with Crippen LogP contribution in [0.25, 0.3) is 0 Å². The fraction of sp³-hybridized carbons (Fsp3) is 0.571. The van der Waals surface area contributed by atoms with Crippen molar-refractivity contribution in [3.05, 3.63) is 24.5 Å². The fourth-order valence-corrected chi connectivity index (χ4v) is 4.24. The smallest absolute Gasteiger partial charge is 0.244 e. The summed E-state index contributed by atoms with van der Waals surface area (Å²) in [6.07, 6.45) is 5.67. The van der Waals surface area contributed by atoms with Crippen molar-refractivity contribution in [1.29, 1.82) is 0 Å². The van der Waals surface area contributed by atoms with Crippen molar-refractivity contribution in [2.24, 2.45) is 5.73 Å². The summed E-state index contributed by atoms with van der Waals surface area (Å²) in [4.78, 5) is 15.6. The maximum absolute atomic E-state index is 12.7. The van der Waals surface area contributed by atoms with E-state index in [0.717, 1.165) is 19.3 Å². The van der Waals surface area contributed by atoms with Crippen molar-refractivity contribution >= 4 is 15.9 Å². The standard InChI is InChI=1S/C14H22N4O3S/c15-7-6-14(19)17-10-12-4-1-2-9-18(12)22(20,21)13-5-3-8-16-11-13/h3,5,8,11-12H,1-2,4,6-7,9-10,15H2,(H,17,19). The summed E-state index contributed by atoms with van der Waals surface area (Å²) in [6.45, 7) is 1.07. The average Bonchev–Trinajstić information content (AvgIpc) is 2.54. The molecule has 0 aliphatic carbocycles. The van der Waals surface area contributed by atoms with Gasteiger partial charge in [0.25, 0.3) is 0 Å². The van der Waals surface area contributed by atoms with Crippen LogP contribution in [-0.4, -0.2) is 49.3 Å². The van der Waals surface area contributed by atoms with Crippen LogP contribution >= 0.6 is 0 Å². The molecule has 1 amide bonds.